The molecule has 4 saturated heterocycles. The highest BCUT2D eigenvalue weighted by Crippen LogP contribution is 2.45. The Balaban J connectivity index is 1.22. The zero-order valence-electron chi connectivity index (χ0n) is 22.9. The molecule has 0 aromatic heterocycles. The maximum atomic E-state index is 12.9. The molecule has 2 bridgehead atoms. The number of amides is 2. The molecule has 0 radical (unpaired) electrons. The van der Waals surface area contributed by atoms with E-state index in [-0.39, 0.29) is 35.3 Å². The number of carbonyl (C=O) groups is 2. The summed E-state index contributed by atoms with van der Waals surface area (Å²) in [5.74, 6) is 0. The van der Waals surface area contributed by atoms with Gasteiger partial charge in [-0.2, -0.15) is 0 Å². The normalized spacial score (nSPS) is 35.0. The maximum Gasteiger partial charge on any atom is 0.408 e. The molecule has 2 N–H and O–H groups in total. The molecule has 3 unspecified atom stereocenters. The van der Waals surface area contributed by atoms with Crippen LogP contribution >= 0.6 is 0 Å². The monoisotopic (exact) mass is 508 g/mol. The second-order valence-corrected chi connectivity index (χ2v) is 12.4. The molecule has 206 valence electrons. The minimum absolute atomic E-state index is 0.0137. The van der Waals surface area contributed by atoms with Crippen molar-refractivity contribution < 1.29 is 19.1 Å². The van der Waals surface area contributed by atoms with Gasteiger partial charge in [0.2, 0.25) is 0 Å². The van der Waals surface area contributed by atoms with Crippen LogP contribution in [-0.2, 0) is 9.47 Å². The van der Waals surface area contributed by atoms with Gasteiger partial charge in [-0.25, -0.2) is 9.59 Å². The number of nitrogens with zero attached hydrogens (tertiary/aromatic N) is 4. The molecule has 3 atom stereocenters. The number of rotatable bonds is 7. The van der Waals surface area contributed by atoms with Gasteiger partial charge >= 0.3 is 12.2 Å². The smallest absolute Gasteiger partial charge is 0.408 e. The second kappa shape index (κ2) is 11.8. The Labute approximate surface area is 217 Å². The Morgan fingerprint density at radius 1 is 0.889 bits per heavy atom. The maximum absolute atomic E-state index is 12.9. The van der Waals surface area contributed by atoms with Gasteiger partial charge in [0.15, 0.2) is 6.23 Å². The molecule has 1 aliphatic carbocycles. The molecular weight excluding hydrogens is 460 g/mol. The van der Waals surface area contributed by atoms with E-state index in [1.54, 1.807) is 0 Å². The quantitative estimate of drug-likeness (QED) is 0.540. The number of hydrogen-bond donors (Lipinski definition) is 2. The van der Waals surface area contributed by atoms with Gasteiger partial charge in [0.05, 0.1) is 0 Å². The summed E-state index contributed by atoms with van der Waals surface area (Å²) in [7, 11) is 0. The lowest BCUT2D eigenvalue weighted by Gasteiger charge is -2.46. The van der Waals surface area contributed by atoms with E-state index in [0.29, 0.717) is 13.3 Å². The molecule has 5 aliphatic rings. The number of carbonyl (C=O) groups excluding carboxylic acids is 2. The topological polar surface area (TPSA) is 89.6 Å². The Morgan fingerprint density at radius 2 is 1.58 bits per heavy atom. The van der Waals surface area contributed by atoms with Crippen LogP contribution in [0, 0.1) is 10.8 Å². The van der Waals surface area contributed by atoms with Gasteiger partial charge in [-0.1, -0.05) is 27.7 Å². The van der Waals surface area contributed by atoms with Crippen LogP contribution in [-0.4, -0.2) is 123 Å². The molecule has 5 rings (SSSR count). The number of nitrogens with one attached hydrogen (secondary N) is 2. The van der Waals surface area contributed by atoms with Crippen molar-refractivity contribution in [1.82, 2.24) is 30.2 Å². The predicted molar refractivity (Wildman–Crippen MR) is 139 cm³/mol. The van der Waals surface area contributed by atoms with Gasteiger partial charge in [0.25, 0.3) is 0 Å². The zero-order chi connectivity index (χ0) is 25.8. The van der Waals surface area contributed by atoms with E-state index in [0.717, 1.165) is 91.1 Å². The van der Waals surface area contributed by atoms with Gasteiger partial charge in [-0.3, -0.25) is 9.80 Å². The molecule has 0 spiro atoms. The number of ether oxygens (including phenoxy) is 2. The third kappa shape index (κ3) is 7.69. The van der Waals surface area contributed by atoms with Crippen LogP contribution in [0.4, 0.5) is 9.59 Å². The van der Waals surface area contributed by atoms with Crippen LogP contribution in [0.25, 0.3) is 0 Å². The first-order chi connectivity index (χ1) is 17.1. The summed E-state index contributed by atoms with van der Waals surface area (Å²) in [6.07, 6.45) is 2.71. The molecule has 1 saturated carbocycles. The predicted octanol–water partition coefficient (Wildman–Crippen LogP) is 1.97. The first-order valence-corrected chi connectivity index (χ1v) is 13.9. The summed E-state index contributed by atoms with van der Waals surface area (Å²) in [6, 6.07) is 0.0137. The average Bonchev–Trinajstić information content (AvgIpc) is 3.13. The Hall–Kier alpha value is -1.62. The molecule has 0 aromatic carbocycles. The molecule has 10 nitrogen and oxygen atoms in total. The number of fused-ring (bicyclic) bond motifs is 4. The van der Waals surface area contributed by atoms with Crippen molar-refractivity contribution >= 4 is 12.2 Å². The van der Waals surface area contributed by atoms with Crippen molar-refractivity contribution in [1.29, 1.82) is 0 Å². The van der Waals surface area contributed by atoms with Crippen LogP contribution in [0.15, 0.2) is 0 Å². The number of likely N-dealkylation sites (N-methyl/N-ethyl adjacent to an activating group) is 1. The molecule has 10 heteroatoms. The highest BCUT2D eigenvalue weighted by atomic mass is 16.6. The minimum Gasteiger partial charge on any atom is -0.433 e. The third-order valence-electron chi connectivity index (χ3n) is 8.46. The van der Waals surface area contributed by atoms with Crippen molar-refractivity contribution in [3.05, 3.63) is 0 Å². The summed E-state index contributed by atoms with van der Waals surface area (Å²) in [4.78, 5) is 34.6. The van der Waals surface area contributed by atoms with E-state index in [2.05, 4.69) is 57.9 Å². The molecule has 5 fully saturated rings. The van der Waals surface area contributed by atoms with Crippen molar-refractivity contribution in [3.63, 3.8) is 0 Å². The molecule has 2 amide bonds. The van der Waals surface area contributed by atoms with Crippen molar-refractivity contribution in [2.45, 2.75) is 65.6 Å². The minimum atomic E-state index is -0.366. The van der Waals surface area contributed by atoms with E-state index in [1.165, 1.54) is 0 Å². The summed E-state index contributed by atoms with van der Waals surface area (Å²) in [5.41, 5.74) is -0.0868. The number of piperazine rings is 2. The highest BCUT2D eigenvalue weighted by Gasteiger charge is 2.42. The van der Waals surface area contributed by atoms with Crippen molar-refractivity contribution in [2.75, 3.05) is 78.7 Å². The summed E-state index contributed by atoms with van der Waals surface area (Å²) < 4.78 is 11.4. The Morgan fingerprint density at radius 3 is 2.28 bits per heavy atom. The molecule has 4 heterocycles. The molecule has 36 heavy (non-hydrogen) atoms. The van der Waals surface area contributed by atoms with E-state index in [1.807, 2.05) is 0 Å². The lowest BCUT2D eigenvalue weighted by atomic mass is 9.62. The van der Waals surface area contributed by atoms with Crippen LogP contribution < -0.4 is 10.6 Å². The Bertz CT molecular complexity index is 751. The standard InChI is InChI=1S/C26H48N6O4/c1-5-29-8-10-31(11-9-29)20-35-23(33)27-19-26(4)17-21(16-25(2,3)18-26)28-24(34)36-22-6-7-30-12-14-32(22)15-13-30/h21-22H,5-20H2,1-4H3,(H,27,33)(H,28,34). The van der Waals surface area contributed by atoms with E-state index < -0.39 is 0 Å². The number of alkyl carbamates (subject to hydrolysis) is 2. The van der Waals surface area contributed by atoms with E-state index in [4.69, 9.17) is 9.47 Å². The molecule has 0 aromatic rings. The number of hydrogen-bond acceptors (Lipinski definition) is 8. The van der Waals surface area contributed by atoms with E-state index in [9.17, 15) is 9.59 Å². The largest absolute Gasteiger partial charge is 0.433 e. The van der Waals surface area contributed by atoms with Crippen molar-refractivity contribution in [2.24, 2.45) is 10.8 Å². The first kappa shape index (κ1) is 27.4. The first-order valence-electron chi connectivity index (χ1n) is 13.9. The van der Waals surface area contributed by atoms with E-state index >= 15 is 0 Å². The van der Waals surface area contributed by atoms with Gasteiger partial charge in [0, 0.05) is 77.9 Å². The summed E-state index contributed by atoms with van der Waals surface area (Å²) in [6.45, 7) is 19.7. The van der Waals surface area contributed by atoms with Gasteiger partial charge < -0.3 is 29.9 Å². The fourth-order valence-corrected chi connectivity index (χ4v) is 6.80. The highest BCUT2D eigenvalue weighted by molar-refractivity contribution is 5.68. The average molecular weight is 509 g/mol. The van der Waals surface area contributed by atoms with Gasteiger partial charge in [-0.15, -0.1) is 0 Å². The lowest BCUT2D eigenvalue weighted by molar-refractivity contribution is -0.0172. The van der Waals surface area contributed by atoms with Crippen LogP contribution in [0.2, 0.25) is 0 Å². The fraction of sp³-hybridized carbons (Fsp3) is 0.923. The fourth-order valence-electron chi connectivity index (χ4n) is 6.80. The zero-order valence-corrected chi connectivity index (χ0v) is 22.9. The lowest BCUT2D eigenvalue weighted by Crippen LogP contribution is -2.52. The SMILES string of the molecule is CCN1CCN(COC(=O)NCC2(C)CC(NC(=O)OC3CCN4CCN3CC4)CC(C)(C)C2)CC1. The Kier molecular flexibility index (Phi) is 9.01. The van der Waals surface area contributed by atoms with Crippen LogP contribution in [0.5, 0.6) is 0 Å². The third-order valence-corrected chi connectivity index (χ3v) is 8.46. The molecular formula is C26H48N6O4. The van der Waals surface area contributed by atoms with Gasteiger partial charge in [0.1, 0.15) is 6.73 Å². The summed E-state index contributed by atoms with van der Waals surface area (Å²) in [5, 5.41) is 6.16. The van der Waals surface area contributed by atoms with Crippen LogP contribution in [0.3, 0.4) is 0 Å². The second-order valence-electron chi connectivity index (χ2n) is 12.4. The molecule has 4 aliphatic heterocycles. The van der Waals surface area contributed by atoms with Crippen LogP contribution in [0.1, 0.15) is 53.4 Å². The van der Waals surface area contributed by atoms with Crippen molar-refractivity contribution in [3.8, 4) is 0 Å². The summed E-state index contributed by atoms with van der Waals surface area (Å²) >= 11 is 0. The van der Waals surface area contributed by atoms with Gasteiger partial charge in [-0.05, 0) is 36.6 Å².